The van der Waals surface area contributed by atoms with Crippen molar-refractivity contribution in [1.82, 2.24) is 0 Å². The van der Waals surface area contributed by atoms with E-state index in [9.17, 15) is 0 Å². The van der Waals surface area contributed by atoms with Gasteiger partial charge in [0.2, 0.25) is 0 Å². The van der Waals surface area contributed by atoms with E-state index in [-0.39, 0.29) is 0 Å². The Labute approximate surface area is 169 Å². The van der Waals surface area contributed by atoms with Crippen LogP contribution in [-0.4, -0.2) is 0 Å². The van der Waals surface area contributed by atoms with Crippen molar-refractivity contribution < 1.29 is 0 Å². The van der Waals surface area contributed by atoms with Crippen LogP contribution in [-0.2, 0) is 0 Å². The molecule has 0 amide bonds. The van der Waals surface area contributed by atoms with E-state index in [1.807, 2.05) is 19.9 Å². The Morgan fingerprint density at radius 3 is 1.71 bits per heavy atom. The summed E-state index contributed by atoms with van der Waals surface area (Å²) in [7, 11) is 0. The van der Waals surface area contributed by atoms with Crippen LogP contribution in [0.5, 0.6) is 0 Å². The molecule has 0 saturated heterocycles. The average molecular weight is 366 g/mol. The zero-order chi connectivity index (χ0) is 20.3. The molecule has 0 spiro atoms. The fourth-order valence-electron chi connectivity index (χ4n) is 3.25. The number of aryl methyl sites for hydroxylation is 1. The molecule has 1 nitrogen and oxygen atoms in total. The van der Waals surface area contributed by atoms with Crippen LogP contribution in [0.2, 0.25) is 0 Å². The Kier molecular flexibility index (Phi) is 5.65. The Bertz CT molecular complexity index is 1010. The van der Waals surface area contributed by atoms with Crippen LogP contribution in [0.3, 0.4) is 0 Å². The first-order chi connectivity index (χ1) is 13.4. The topological polar surface area (TPSA) is 3.24 Å². The fourth-order valence-corrected chi connectivity index (χ4v) is 3.25. The zero-order valence-electron chi connectivity index (χ0n) is 17.0. The summed E-state index contributed by atoms with van der Waals surface area (Å²) < 4.78 is 0. The van der Waals surface area contributed by atoms with Gasteiger partial charge in [0.15, 0.2) is 0 Å². The molecule has 0 heterocycles. The third kappa shape index (κ3) is 3.99. The Morgan fingerprint density at radius 1 is 0.679 bits per heavy atom. The van der Waals surface area contributed by atoms with E-state index in [0.29, 0.717) is 0 Å². The summed E-state index contributed by atoms with van der Waals surface area (Å²) in [5, 5.41) is 0. The molecule has 3 aromatic rings. The summed E-state index contributed by atoms with van der Waals surface area (Å²) >= 11 is 0. The van der Waals surface area contributed by atoms with Crippen LogP contribution in [0.25, 0.3) is 16.8 Å². The van der Waals surface area contributed by atoms with Gasteiger partial charge < -0.3 is 4.90 Å². The molecule has 3 aromatic carbocycles. The minimum absolute atomic E-state index is 0.922. The number of nitrogens with zero attached hydrogens (tertiary/aromatic N) is 1. The minimum Gasteiger partial charge on any atom is -0.310 e. The number of hydrogen-bond donors (Lipinski definition) is 0. The number of rotatable bonds is 6. The standard InChI is InChI=1S/C27H27N/c1-19(2)23-16-24(20(3)4)18-25(17-23)22(6)28(26-13-8-7-9-14-26)27-15-11-10-12-21(27)5/h7-18H,1,3,6H2,2,4-5H3. The lowest BCUT2D eigenvalue weighted by molar-refractivity contribution is 1.26. The van der Waals surface area contributed by atoms with Gasteiger partial charge in [-0.2, -0.15) is 0 Å². The van der Waals surface area contributed by atoms with Crippen molar-refractivity contribution in [3.63, 3.8) is 0 Å². The lowest BCUT2D eigenvalue weighted by atomic mass is 9.96. The fraction of sp³-hybridized carbons (Fsp3) is 0.111. The molecule has 0 saturated carbocycles. The van der Waals surface area contributed by atoms with Crippen molar-refractivity contribution >= 4 is 28.2 Å². The summed E-state index contributed by atoms with van der Waals surface area (Å²) in [5.41, 5.74) is 9.65. The lowest BCUT2D eigenvalue weighted by Crippen LogP contribution is -2.16. The van der Waals surface area contributed by atoms with Crippen molar-refractivity contribution in [3.8, 4) is 0 Å². The molecule has 0 fully saturated rings. The number of anilines is 2. The molecule has 0 aromatic heterocycles. The van der Waals surface area contributed by atoms with E-state index in [1.165, 1.54) is 5.56 Å². The first kappa shape index (κ1) is 19.4. The average Bonchev–Trinajstić information content (AvgIpc) is 2.70. The maximum Gasteiger partial charge on any atom is 0.0490 e. The van der Waals surface area contributed by atoms with E-state index < -0.39 is 0 Å². The summed E-state index contributed by atoms with van der Waals surface area (Å²) in [6.07, 6.45) is 0. The second-order valence-corrected chi connectivity index (χ2v) is 7.26. The molecule has 140 valence electrons. The quantitative estimate of drug-likeness (QED) is 0.429. The molecule has 0 aliphatic heterocycles. The first-order valence-corrected chi connectivity index (χ1v) is 9.45. The van der Waals surface area contributed by atoms with E-state index in [1.54, 1.807) is 0 Å². The molecule has 0 unspecified atom stereocenters. The Balaban J connectivity index is 2.19. The summed E-state index contributed by atoms with van der Waals surface area (Å²) in [4.78, 5) is 2.22. The van der Waals surface area contributed by atoms with Gasteiger partial charge in [-0.25, -0.2) is 0 Å². The Hall–Kier alpha value is -3.32. The Morgan fingerprint density at radius 2 is 1.18 bits per heavy atom. The molecule has 0 atom stereocenters. The molecule has 0 bridgehead atoms. The van der Waals surface area contributed by atoms with E-state index in [4.69, 9.17) is 0 Å². The molecule has 1 heteroatoms. The highest BCUT2D eigenvalue weighted by Crippen LogP contribution is 2.36. The van der Waals surface area contributed by atoms with Crippen molar-refractivity contribution in [3.05, 3.63) is 115 Å². The highest BCUT2D eigenvalue weighted by Gasteiger charge is 2.17. The molecule has 3 rings (SSSR count). The van der Waals surface area contributed by atoms with Crippen LogP contribution in [0.4, 0.5) is 11.4 Å². The normalized spacial score (nSPS) is 10.4. The van der Waals surface area contributed by atoms with Crippen molar-refractivity contribution in [2.75, 3.05) is 4.90 Å². The van der Waals surface area contributed by atoms with Crippen LogP contribution >= 0.6 is 0 Å². The number of para-hydroxylation sites is 2. The third-order valence-corrected chi connectivity index (χ3v) is 4.89. The third-order valence-electron chi connectivity index (χ3n) is 4.89. The molecular weight excluding hydrogens is 338 g/mol. The van der Waals surface area contributed by atoms with Gasteiger partial charge in [-0.3, -0.25) is 0 Å². The second-order valence-electron chi connectivity index (χ2n) is 7.26. The van der Waals surface area contributed by atoms with E-state index >= 15 is 0 Å². The van der Waals surface area contributed by atoms with Gasteiger partial charge in [0.25, 0.3) is 0 Å². The van der Waals surface area contributed by atoms with Gasteiger partial charge in [0, 0.05) is 17.1 Å². The molecule has 0 N–H and O–H groups in total. The predicted molar refractivity (Wildman–Crippen MR) is 125 cm³/mol. The van der Waals surface area contributed by atoms with Crippen molar-refractivity contribution in [2.45, 2.75) is 20.8 Å². The van der Waals surface area contributed by atoms with Gasteiger partial charge in [0.05, 0.1) is 0 Å². The molecule has 0 radical (unpaired) electrons. The van der Waals surface area contributed by atoms with E-state index in [2.05, 4.69) is 98.3 Å². The molecular formula is C27H27N. The van der Waals surface area contributed by atoms with Gasteiger partial charge in [-0.05, 0) is 79.4 Å². The van der Waals surface area contributed by atoms with Crippen LogP contribution < -0.4 is 4.90 Å². The molecule has 28 heavy (non-hydrogen) atoms. The largest absolute Gasteiger partial charge is 0.310 e. The van der Waals surface area contributed by atoms with Crippen LogP contribution in [0.15, 0.2) is 92.5 Å². The first-order valence-electron chi connectivity index (χ1n) is 9.45. The van der Waals surface area contributed by atoms with Gasteiger partial charge in [-0.15, -0.1) is 0 Å². The zero-order valence-corrected chi connectivity index (χ0v) is 17.0. The SMILES string of the molecule is C=C(C)c1cc(C(=C)C)cc(C(=C)N(c2ccccc2)c2ccccc2C)c1. The van der Waals surface area contributed by atoms with Crippen molar-refractivity contribution in [2.24, 2.45) is 0 Å². The lowest BCUT2D eigenvalue weighted by Gasteiger charge is -2.29. The highest BCUT2D eigenvalue weighted by atomic mass is 15.1. The maximum atomic E-state index is 4.49. The summed E-state index contributed by atoms with van der Waals surface area (Å²) in [6.45, 7) is 18.9. The number of hydrogen-bond acceptors (Lipinski definition) is 1. The minimum atomic E-state index is 0.922. The number of benzene rings is 3. The van der Waals surface area contributed by atoms with Gasteiger partial charge >= 0.3 is 0 Å². The van der Waals surface area contributed by atoms with E-state index in [0.717, 1.165) is 44.9 Å². The second kappa shape index (κ2) is 8.14. The summed E-state index contributed by atoms with van der Waals surface area (Å²) in [5.74, 6) is 0. The predicted octanol–water partition coefficient (Wildman–Crippen LogP) is 7.87. The molecule has 0 aliphatic rings. The maximum absolute atomic E-state index is 4.49. The highest BCUT2D eigenvalue weighted by molar-refractivity contribution is 5.89. The number of allylic oxidation sites excluding steroid dienone is 2. The van der Waals surface area contributed by atoms with Crippen LogP contribution in [0.1, 0.15) is 36.1 Å². The van der Waals surface area contributed by atoms with Crippen LogP contribution in [0, 0.1) is 6.92 Å². The smallest absolute Gasteiger partial charge is 0.0490 e. The summed E-state index contributed by atoms with van der Waals surface area (Å²) in [6, 6.07) is 25.2. The van der Waals surface area contributed by atoms with Gasteiger partial charge in [0.1, 0.15) is 0 Å². The van der Waals surface area contributed by atoms with Gasteiger partial charge in [-0.1, -0.05) is 67.3 Å². The van der Waals surface area contributed by atoms with Crippen molar-refractivity contribution in [1.29, 1.82) is 0 Å². The monoisotopic (exact) mass is 365 g/mol. The molecule has 0 aliphatic carbocycles.